The summed E-state index contributed by atoms with van der Waals surface area (Å²) in [6.45, 7) is 1.78. The van der Waals surface area contributed by atoms with E-state index >= 15 is 0 Å². The Morgan fingerprint density at radius 3 is 2.07 bits per heavy atom. The number of hydrogen-bond donors (Lipinski definition) is 1. The third kappa shape index (κ3) is 5.50. The Morgan fingerprint density at radius 1 is 0.889 bits per heavy atom. The second kappa shape index (κ2) is 8.60. The van der Waals surface area contributed by atoms with Crippen LogP contribution >= 0.6 is 11.6 Å². The van der Waals surface area contributed by atoms with Crippen LogP contribution in [-0.4, -0.2) is 11.7 Å². The van der Waals surface area contributed by atoms with Crippen molar-refractivity contribution in [3.63, 3.8) is 0 Å². The van der Waals surface area contributed by atoms with E-state index in [0.717, 1.165) is 23.2 Å². The maximum atomic E-state index is 12.3. The maximum Gasteiger partial charge on any atom is 0.227 e. The van der Waals surface area contributed by atoms with E-state index in [0.29, 0.717) is 10.6 Å². The Morgan fingerprint density at radius 2 is 1.48 bits per heavy atom. The molecule has 0 aliphatic heterocycles. The molecule has 0 fully saturated rings. The van der Waals surface area contributed by atoms with E-state index in [-0.39, 0.29) is 18.2 Å². The van der Waals surface area contributed by atoms with Gasteiger partial charge >= 0.3 is 0 Å². The minimum Gasteiger partial charge on any atom is -0.326 e. The molecule has 1 heterocycles. The molecular formula is C22H20ClN2O2+. The topological polar surface area (TPSA) is 50.1 Å². The first-order valence-electron chi connectivity index (χ1n) is 8.63. The number of carbonyl (C=O) groups is 2. The predicted molar refractivity (Wildman–Crippen MR) is 106 cm³/mol. The zero-order chi connectivity index (χ0) is 19.2. The van der Waals surface area contributed by atoms with Crippen LogP contribution < -0.4 is 9.88 Å². The van der Waals surface area contributed by atoms with Gasteiger partial charge in [0.25, 0.3) is 0 Å². The zero-order valence-electron chi connectivity index (χ0n) is 15.0. The summed E-state index contributed by atoms with van der Waals surface area (Å²) in [6, 6.07) is 18.7. The number of benzene rings is 2. The fourth-order valence-corrected chi connectivity index (χ4v) is 2.88. The number of halogens is 1. The van der Waals surface area contributed by atoms with Crippen molar-refractivity contribution in [2.24, 2.45) is 0 Å². The number of aromatic nitrogens is 1. The molecule has 0 atom stereocenters. The minimum absolute atomic E-state index is 0.0398. The smallest absolute Gasteiger partial charge is 0.227 e. The van der Waals surface area contributed by atoms with Crippen molar-refractivity contribution in [3.8, 4) is 0 Å². The van der Waals surface area contributed by atoms with Gasteiger partial charge in [0.15, 0.2) is 12.4 Å². The van der Waals surface area contributed by atoms with Crippen LogP contribution in [-0.2, 0) is 17.8 Å². The zero-order valence-corrected chi connectivity index (χ0v) is 15.7. The van der Waals surface area contributed by atoms with Gasteiger partial charge in [0.1, 0.15) is 0 Å². The summed E-state index contributed by atoms with van der Waals surface area (Å²) in [6.07, 6.45) is 4.61. The van der Waals surface area contributed by atoms with E-state index in [9.17, 15) is 9.59 Å². The summed E-state index contributed by atoms with van der Waals surface area (Å²) in [5, 5.41) is 3.38. The van der Waals surface area contributed by atoms with E-state index in [2.05, 4.69) is 5.32 Å². The van der Waals surface area contributed by atoms with Gasteiger partial charge in [-0.2, -0.15) is 4.57 Å². The fraction of sp³-hybridized carbons (Fsp3) is 0.136. The lowest BCUT2D eigenvalue weighted by Crippen LogP contribution is -2.37. The molecule has 0 saturated carbocycles. The van der Waals surface area contributed by atoms with Crippen LogP contribution in [0.5, 0.6) is 0 Å². The molecule has 0 saturated heterocycles. The standard InChI is InChI=1S/C22H19ClN2O2/c1-16(26)24-21-8-2-17(3-9-21)14-18-10-12-25(13-11-18)15-22(27)19-4-6-20(23)7-5-19/h2-13H,14-15H2,1H3/p+1. The highest BCUT2D eigenvalue weighted by molar-refractivity contribution is 6.30. The van der Waals surface area contributed by atoms with Crippen LogP contribution in [0, 0.1) is 0 Å². The summed E-state index contributed by atoms with van der Waals surface area (Å²) in [4.78, 5) is 23.4. The first kappa shape index (κ1) is 18.8. The van der Waals surface area contributed by atoms with Gasteiger partial charge in [0.2, 0.25) is 18.2 Å². The number of ketones is 1. The van der Waals surface area contributed by atoms with Crippen LogP contribution in [0.25, 0.3) is 0 Å². The van der Waals surface area contributed by atoms with Gasteiger partial charge in [-0.15, -0.1) is 0 Å². The number of rotatable bonds is 6. The molecule has 1 aromatic heterocycles. The van der Waals surface area contributed by atoms with Crippen molar-refractivity contribution < 1.29 is 14.2 Å². The highest BCUT2D eigenvalue weighted by Gasteiger charge is 2.12. The molecule has 0 spiro atoms. The Hall–Kier alpha value is -2.98. The summed E-state index contributed by atoms with van der Waals surface area (Å²) in [5.41, 5.74) is 3.74. The Balaban J connectivity index is 1.60. The lowest BCUT2D eigenvalue weighted by atomic mass is 10.1. The Kier molecular flexibility index (Phi) is 5.99. The molecule has 0 radical (unpaired) electrons. The van der Waals surface area contributed by atoms with Gasteiger partial charge in [-0.25, -0.2) is 0 Å². The second-order valence-electron chi connectivity index (χ2n) is 6.36. The van der Waals surface area contributed by atoms with Crippen LogP contribution in [0.1, 0.15) is 28.4 Å². The van der Waals surface area contributed by atoms with Gasteiger partial charge in [0, 0.05) is 35.3 Å². The first-order chi connectivity index (χ1) is 13.0. The summed E-state index contributed by atoms with van der Waals surface area (Å²) in [5.74, 6) is -0.0403. The molecule has 0 bridgehead atoms. The molecule has 1 N–H and O–H groups in total. The molecule has 3 rings (SSSR count). The van der Waals surface area contributed by atoms with Crippen LogP contribution in [0.3, 0.4) is 0 Å². The van der Waals surface area contributed by atoms with Crippen molar-refractivity contribution in [1.82, 2.24) is 0 Å². The largest absolute Gasteiger partial charge is 0.326 e. The van der Waals surface area contributed by atoms with E-state index in [4.69, 9.17) is 11.6 Å². The minimum atomic E-state index is -0.0801. The SMILES string of the molecule is CC(=O)Nc1ccc(Cc2cc[n+](CC(=O)c3ccc(Cl)cc3)cc2)cc1. The molecule has 3 aromatic rings. The highest BCUT2D eigenvalue weighted by atomic mass is 35.5. The summed E-state index contributed by atoms with van der Waals surface area (Å²) < 4.78 is 1.86. The molecular weight excluding hydrogens is 360 g/mol. The van der Waals surface area contributed by atoms with Crippen LogP contribution in [0.2, 0.25) is 5.02 Å². The normalized spacial score (nSPS) is 10.4. The number of pyridine rings is 1. The number of hydrogen-bond acceptors (Lipinski definition) is 2. The van der Waals surface area contributed by atoms with Crippen molar-refractivity contribution in [2.45, 2.75) is 19.9 Å². The van der Waals surface area contributed by atoms with Crippen molar-refractivity contribution in [1.29, 1.82) is 0 Å². The van der Waals surface area contributed by atoms with Gasteiger partial charge in [0.05, 0.1) is 0 Å². The van der Waals surface area contributed by atoms with Gasteiger partial charge in [-0.3, -0.25) is 9.59 Å². The molecule has 0 aliphatic rings. The molecule has 1 amide bonds. The molecule has 4 nitrogen and oxygen atoms in total. The average Bonchev–Trinajstić information content (AvgIpc) is 2.65. The van der Waals surface area contributed by atoms with Gasteiger partial charge in [-0.05, 0) is 53.9 Å². The van der Waals surface area contributed by atoms with Crippen molar-refractivity contribution in [2.75, 3.05) is 5.32 Å². The van der Waals surface area contributed by atoms with E-state index in [1.807, 2.05) is 53.4 Å². The highest BCUT2D eigenvalue weighted by Crippen LogP contribution is 2.13. The number of nitrogens with one attached hydrogen (secondary N) is 1. The molecule has 0 unspecified atom stereocenters. The third-order valence-corrected chi connectivity index (χ3v) is 4.39. The average molecular weight is 380 g/mol. The summed E-state index contributed by atoms with van der Waals surface area (Å²) in [7, 11) is 0. The van der Waals surface area contributed by atoms with Gasteiger partial charge in [-0.1, -0.05) is 23.7 Å². The molecule has 0 aliphatic carbocycles. The Labute approximate surface area is 163 Å². The lowest BCUT2D eigenvalue weighted by Gasteiger charge is -2.05. The molecule has 2 aromatic carbocycles. The monoisotopic (exact) mass is 379 g/mol. The number of Topliss-reactive ketones (excluding diaryl/α,β-unsaturated/α-hetero) is 1. The van der Waals surface area contributed by atoms with E-state index in [1.165, 1.54) is 6.92 Å². The number of anilines is 1. The lowest BCUT2D eigenvalue weighted by molar-refractivity contribution is -0.683. The van der Waals surface area contributed by atoms with E-state index in [1.54, 1.807) is 24.3 Å². The van der Waals surface area contributed by atoms with Gasteiger partial charge < -0.3 is 5.32 Å². The predicted octanol–water partition coefficient (Wildman–Crippen LogP) is 4.06. The first-order valence-corrected chi connectivity index (χ1v) is 9.01. The number of nitrogens with zero attached hydrogens (tertiary/aromatic N) is 1. The Bertz CT molecular complexity index is 934. The number of amides is 1. The van der Waals surface area contributed by atoms with E-state index < -0.39 is 0 Å². The van der Waals surface area contributed by atoms with Crippen LogP contribution in [0.4, 0.5) is 5.69 Å². The maximum absolute atomic E-state index is 12.3. The summed E-state index contributed by atoms with van der Waals surface area (Å²) >= 11 is 5.86. The molecule has 136 valence electrons. The number of carbonyl (C=O) groups excluding carboxylic acids is 2. The van der Waals surface area contributed by atoms with Crippen molar-refractivity contribution in [3.05, 3.63) is 94.8 Å². The van der Waals surface area contributed by atoms with Crippen LogP contribution in [0.15, 0.2) is 73.1 Å². The quantitative estimate of drug-likeness (QED) is 0.518. The second-order valence-corrected chi connectivity index (χ2v) is 6.80. The fourth-order valence-electron chi connectivity index (χ4n) is 2.75. The van der Waals surface area contributed by atoms with Crippen molar-refractivity contribution >= 4 is 29.0 Å². The molecule has 5 heteroatoms. The molecule has 27 heavy (non-hydrogen) atoms. The third-order valence-electron chi connectivity index (χ3n) is 4.14.